The number of nitrogens with one attached hydrogen (secondary N) is 2. The summed E-state index contributed by atoms with van der Waals surface area (Å²) in [4.78, 5) is 37.3. The number of benzene rings is 3. The molecular weight excluding hydrogens is 378 g/mol. The number of carbonyl (C=O) groups is 1. The molecule has 6 nitrogen and oxygen atoms in total. The summed E-state index contributed by atoms with van der Waals surface area (Å²) in [6, 6.07) is 24.3. The number of aryl methyl sites for hydroxylation is 1. The Hall–Kier alpha value is -3.93. The van der Waals surface area contributed by atoms with E-state index in [1.54, 1.807) is 24.3 Å². The zero-order valence-corrected chi connectivity index (χ0v) is 16.3. The van der Waals surface area contributed by atoms with E-state index in [0.717, 1.165) is 16.8 Å². The van der Waals surface area contributed by atoms with E-state index in [-0.39, 0.29) is 30.0 Å². The fraction of sp³-hybridized carbons (Fsp3) is 0.125. The minimum absolute atomic E-state index is 0.0634. The van der Waals surface area contributed by atoms with E-state index >= 15 is 0 Å². The number of carbonyl (C=O) groups excluding carboxylic acids is 1. The first kappa shape index (κ1) is 19.4. The van der Waals surface area contributed by atoms with Crippen molar-refractivity contribution in [2.45, 2.75) is 19.4 Å². The van der Waals surface area contributed by atoms with Gasteiger partial charge in [-0.15, -0.1) is 0 Å². The lowest BCUT2D eigenvalue weighted by molar-refractivity contribution is -0.116. The lowest BCUT2D eigenvalue weighted by Gasteiger charge is -2.12. The standard InChI is InChI=1S/C24H21N3O3/c28-22(14-15-27-24(30)20-12-6-5-11-19(20)23(29)26-27)25-21-13-7-4-10-18(21)16-17-8-2-1-3-9-17/h1-13H,14-16H2,(H,25,28)(H,26,29). The highest BCUT2D eigenvalue weighted by Crippen LogP contribution is 2.19. The maximum absolute atomic E-state index is 12.6. The summed E-state index contributed by atoms with van der Waals surface area (Å²) in [5.41, 5.74) is 2.24. The molecule has 0 unspecified atom stereocenters. The summed E-state index contributed by atoms with van der Waals surface area (Å²) in [6.45, 7) is 0.0889. The molecule has 0 bridgehead atoms. The first-order valence-corrected chi connectivity index (χ1v) is 9.75. The molecule has 0 saturated carbocycles. The van der Waals surface area contributed by atoms with Crippen molar-refractivity contribution in [1.29, 1.82) is 0 Å². The second kappa shape index (κ2) is 8.61. The van der Waals surface area contributed by atoms with Crippen LogP contribution in [0.5, 0.6) is 0 Å². The molecule has 2 N–H and O–H groups in total. The van der Waals surface area contributed by atoms with Gasteiger partial charge in [-0.1, -0.05) is 60.7 Å². The van der Waals surface area contributed by atoms with E-state index in [1.807, 2.05) is 54.6 Å². The first-order chi connectivity index (χ1) is 14.6. The second-order valence-electron chi connectivity index (χ2n) is 7.06. The Balaban J connectivity index is 1.48. The summed E-state index contributed by atoms with van der Waals surface area (Å²) in [5, 5.41) is 6.16. The predicted octanol–water partition coefficient (Wildman–Crippen LogP) is 3.31. The molecule has 1 aromatic heterocycles. The molecule has 6 heteroatoms. The molecule has 30 heavy (non-hydrogen) atoms. The smallest absolute Gasteiger partial charge is 0.273 e. The molecule has 0 aliphatic rings. The Labute approximate surface area is 172 Å². The van der Waals surface area contributed by atoms with Gasteiger partial charge in [0.25, 0.3) is 11.1 Å². The van der Waals surface area contributed by atoms with E-state index in [4.69, 9.17) is 0 Å². The van der Waals surface area contributed by atoms with Gasteiger partial charge in [0.15, 0.2) is 0 Å². The van der Waals surface area contributed by atoms with Crippen molar-refractivity contribution < 1.29 is 4.79 Å². The van der Waals surface area contributed by atoms with Crippen LogP contribution in [0.25, 0.3) is 10.8 Å². The van der Waals surface area contributed by atoms with Crippen LogP contribution in [0.2, 0.25) is 0 Å². The van der Waals surface area contributed by atoms with Crippen LogP contribution in [0.15, 0.2) is 88.5 Å². The van der Waals surface area contributed by atoms with Gasteiger partial charge >= 0.3 is 0 Å². The van der Waals surface area contributed by atoms with Crippen LogP contribution in [-0.4, -0.2) is 15.7 Å². The normalized spacial score (nSPS) is 10.8. The number of anilines is 1. The average Bonchev–Trinajstić information content (AvgIpc) is 2.77. The van der Waals surface area contributed by atoms with Gasteiger partial charge in [0.1, 0.15) is 0 Å². The quantitative estimate of drug-likeness (QED) is 0.522. The van der Waals surface area contributed by atoms with Gasteiger partial charge < -0.3 is 5.32 Å². The molecule has 4 aromatic rings. The average molecular weight is 399 g/mol. The molecule has 0 aliphatic heterocycles. The molecule has 1 amide bonds. The van der Waals surface area contributed by atoms with Crippen LogP contribution in [0.1, 0.15) is 17.5 Å². The number of amides is 1. The van der Waals surface area contributed by atoms with Gasteiger partial charge in [0, 0.05) is 12.1 Å². The number of aromatic nitrogens is 2. The van der Waals surface area contributed by atoms with E-state index in [9.17, 15) is 14.4 Å². The van der Waals surface area contributed by atoms with Gasteiger partial charge in [-0.25, -0.2) is 4.68 Å². The minimum Gasteiger partial charge on any atom is -0.326 e. The van der Waals surface area contributed by atoms with Crippen LogP contribution >= 0.6 is 0 Å². The Morgan fingerprint density at radius 3 is 2.30 bits per heavy atom. The summed E-state index contributed by atoms with van der Waals surface area (Å²) < 4.78 is 1.19. The van der Waals surface area contributed by atoms with Gasteiger partial charge in [0.05, 0.1) is 17.3 Å². The molecule has 4 rings (SSSR count). The Morgan fingerprint density at radius 2 is 1.50 bits per heavy atom. The summed E-state index contributed by atoms with van der Waals surface area (Å²) in [5.74, 6) is -0.226. The van der Waals surface area contributed by atoms with Crippen molar-refractivity contribution in [3.8, 4) is 0 Å². The number of para-hydroxylation sites is 1. The fourth-order valence-electron chi connectivity index (χ4n) is 3.44. The number of hydrogen-bond donors (Lipinski definition) is 2. The summed E-state index contributed by atoms with van der Waals surface area (Å²) in [7, 11) is 0. The van der Waals surface area contributed by atoms with Gasteiger partial charge in [-0.2, -0.15) is 0 Å². The maximum Gasteiger partial charge on any atom is 0.273 e. The van der Waals surface area contributed by atoms with Crippen LogP contribution in [0.4, 0.5) is 5.69 Å². The van der Waals surface area contributed by atoms with Gasteiger partial charge in [-0.05, 0) is 35.7 Å². The number of fused-ring (bicyclic) bond motifs is 1. The molecule has 1 heterocycles. The number of aromatic amines is 1. The Kier molecular flexibility index (Phi) is 5.57. The van der Waals surface area contributed by atoms with Crippen molar-refractivity contribution in [1.82, 2.24) is 9.78 Å². The number of nitrogens with zero attached hydrogens (tertiary/aromatic N) is 1. The van der Waals surface area contributed by atoms with Crippen molar-refractivity contribution in [3.05, 3.63) is 111 Å². The van der Waals surface area contributed by atoms with Crippen LogP contribution < -0.4 is 16.4 Å². The Bertz CT molecular complexity index is 1310. The largest absolute Gasteiger partial charge is 0.326 e. The lowest BCUT2D eigenvalue weighted by Crippen LogP contribution is -2.31. The third kappa shape index (κ3) is 4.22. The maximum atomic E-state index is 12.6. The molecular formula is C24H21N3O3. The zero-order valence-electron chi connectivity index (χ0n) is 16.3. The molecule has 0 fully saturated rings. The monoisotopic (exact) mass is 399 g/mol. The van der Waals surface area contributed by atoms with Crippen molar-refractivity contribution in [2.24, 2.45) is 0 Å². The van der Waals surface area contributed by atoms with E-state index in [2.05, 4.69) is 10.4 Å². The highest BCUT2D eigenvalue weighted by molar-refractivity contribution is 5.91. The zero-order chi connectivity index (χ0) is 20.9. The first-order valence-electron chi connectivity index (χ1n) is 9.75. The van der Waals surface area contributed by atoms with E-state index in [1.165, 1.54) is 4.68 Å². The van der Waals surface area contributed by atoms with Crippen molar-refractivity contribution in [3.63, 3.8) is 0 Å². The van der Waals surface area contributed by atoms with Crippen molar-refractivity contribution in [2.75, 3.05) is 5.32 Å². The fourth-order valence-corrected chi connectivity index (χ4v) is 3.44. The molecule has 0 spiro atoms. The van der Waals surface area contributed by atoms with Crippen molar-refractivity contribution >= 4 is 22.4 Å². The number of H-pyrrole nitrogens is 1. The van der Waals surface area contributed by atoms with Crippen LogP contribution in [0, 0.1) is 0 Å². The minimum atomic E-state index is -0.348. The Morgan fingerprint density at radius 1 is 0.833 bits per heavy atom. The van der Waals surface area contributed by atoms with Crippen LogP contribution in [0.3, 0.4) is 0 Å². The number of hydrogen-bond acceptors (Lipinski definition) is 3. The third-order valence-electron chi connectivity index (χ3n) is 4.98. The summed E-state index contributed by atoms with van der Waals surface area (Å²) >= 11 is 0. The molecule has 3 aromatic carbocycles. The molecule has 0 saturated heterocycles. The predicted molar refractivity (Wildman–Crippen MR) is 118 cm³/mol. The molecule has 0 radical (unpaired) electrons. The highest BCUT2D eigenvalue weighted by Gasteiger charge is 2.10. The molecule has 0 aliphatic carbocycles. The second-order valence-corrected chi connectivity index (χ2v) is 7.06. The molecule has 150 valence electrons. The van der Waals surface area contributed by atoms with Gasteiger partial charge in [-0.3, -0.25) is 19.5 Å². The highest BCUT2D eigenvalue weighted by atomic mass is 16.2. The van der Waals surface area contributed by atoms with E-state index < -0.39 is 0 Å². The molecule has 0 atom stereocenters. The van der Waals surface area contributed by atoms with E-state index in [0.29, 0.717) is 17.2 Å². The van der Waals surface area contributed by atoms with Gasteiger partial charge in [0.2, 0.25) is 5.91 Å². The number of rotatable bonds is 6. The topological polar surface area (TPSA) is 84.0 Å². The van der Waals surface area contributed by atoms with Crippen LogP contribution in [-0.2, 0) is 17.8 Å². The third-order valence-corrected chi connectivity index (χ3v) is 4.98. The lowest BCUT2D eigenvalue weighted by atomic mass is 10.0. The SMILES string of the molecule is O=C(CCn1[nH]c(=O)c2ccccc2c1=O)Nc1ccccc1Cc1ccccc1. The summed E-state index contributed by atoms with van der Waals surface area (Å²) in [6.07, 6.45) is 0.766.